The lowest BCUT2D eigenvalue weighted by Crippen LogP contribution is -2.34. The molecule has 144 valence electrons. The molecule has 0 aliphatic heterocycles. The number of carbonyl (C=O) groups is 1. The van der Waals surface area contributed by atoms with Crippen molar-refractivity contribution in [3.8, 4) is 17.0 Å². The van der Waals surface area contributed by atoms with E-state index in [4.69, 9.17) is 4.74 Å². The Labute approximate surface area is 163 Å². The molecule has 0 aliphatic carbocycles. The molecule has 1 heterocycles. The molecular weight excluding hydrogens is 354 g/mol. The molecule has 0 fully saturated rings. The topological polar surface area (TPSA) is 73.2 Å². The van der Waals surface area contributed by atoms with E-state index >= 15 is 0 Å². The number of rotatable bonds is 7. The van der Waals surface area contributed by atoms with E-state index in [1.165, 1.54) is 10.7 Å². The molecule has 28 heavy (non-hydrogen) atoms. The van der Waals surface area contributed by atoms with Crippen molar-refractivity contribution in [1.82, 2.24) is 15.1 Å². The Hall–Kier alpha value is -3.41. The van der Waals surface area contributed by atoms with Crippen molar-refractivity contribution < 1.29 is 9.53 Å². The molecule has 0 aliphatic rings. The first-order chi connectivity index (χ1) is 13.5. The average molecular weight is 377 g/mol. The first-order valence-corrected chi connectivity index (χ1v) is 9.14. The van der Waals surface area contributed by atoms with Crippen LogP contribution in [0.5, 0.6) is 5.75 Å². The molecule has 1 amide bonds. The van der Waals surface area contributed by atoms with Crippen LogP contribution in [-0.4, -0.2) is 28.8 Å². The van der Waals surface area contributed by atoms with Gasteiger partial charge in [-0.1, -0.05) is 42.5 Å². The molecule has 0 saturated carbocycles. The van der Waals surface area contributed by atoms with Crippen LogP contribution in [0.2, 0.25) is 0 Å². The van der Waals surface area contributed by atoms with Gasteiger partial charge >= 0.3 is 0 Å². The lowest BCUT2D eigenvalue weighted by Gasteiger charge is -2.11. The number of amides is 1. The summed E-state index contributed by atoms with van der Waals surface area (Å²) in [4.78, 5) is 24.1. The highest BCUT2D eigenvalue weighted by Crippen LogP contribution is 2.20. The first-order valence-electron chi connectivity index (χ1n) is 9.14. The molecule has 0 spiro atoms. The first kappa shape index (κ1) is 19.4. The number of carbonyl (C=O) groups excluding carboxylic acids is 1. The van der Waals surface area contributed by atoms with Crippen LogP contribution in [-0.2, 0) is 11.3 Å². The Kier molecular flexibility index (Phi) is 6.22. The lowest BCUT2D eigenvalue weighted by molar-refractivity contribution is -0.123. The molecular formula is C22H23N3O3. The number of aromatic nitrogens is 2. The average Bonchev–Trinajstić information content (AvgIpc) is 2.71. The van der Waals surface area contributed by atoms with Gasteiger partial charge in [-0.05, 0) is 37.1 Å². The van der Waals surface area contributed by atoms with Gasteiger partial charge in [-0.25, -0.2) is 4.68 Å². The SMILES string of the molecule is Cc1cccc(OCC(=O)NCCn2nc(-c3ccccc3)ccc2=O)c1C. The van der Waals surface area contributed by atoms with E-state index in [1.54, 1.807) is 6.07 Å². The normalized spacial score (nSPS) is 10.5. The fourth-order valence-corrected chi connectivity index (χ4v) is 2.75. The summed E-state index contributed by atoms with van der Waals surface area (Å²) in [7, 11) is 0. The van der Waals surface area contributed by atoms with Crippen molar-refractivity contribution in [2.24, 2.45) is 0 Å². The Morgan fingerprint density at radius 2 is 1.82 bits per heavy atom. The van der Waals surface area contributed by atoms with E-state index in [1.807, 2.05) is 62.4 Å². The number of benzene rings is 2. The zero-order chi connectivity index (χ0) is 19.9. The molecule has 1 aromatic heterocycles. The van der Waals surface area contributed by atoms with Gasteiger partial charge in [-0.15, -0.1) is 0 Å². The number of aryl methyl sites for hydroxylation is 1. The van der Waals surface area contributed by atoms with Gasteiger partial charge < -0.3 is 10.1 Å². The third-order valence-electron chi connectivity index (χ3n) is 4.50. The minimum atomic E-state index is -0.242. The van der Waals surface area contributed by atoms with E-state index in [9.17, 15) is 9.59 Å². The maximum atomic E-state index is 12.0. The van der Waals surface area contributed by atoms with E-state index < -0.39 is 0 Å². The largest absolute Gasteiger partial charge is 0.483 e. The van der Waals surface area contributed by atoms with Gasteiger partial charge in [0.15, 0.2) is 6.61 Å². The second kappa shape index (κ2) is 8.99. The van der Waals surface area contributed by atoms with Crippen molar-refractivity contribution in [2.45, 2.75) is 20.4 Å². The van der Waals surface area contributed by atoms with Crippen LogP contribution in [0.3, 0.4) is 0 Å². The molecule has 6 nitrogen and oxygen atoms in total. The minimum absolute atomic E-state index is 0.0727. The van der Waals surface area contributed by atoms with Gasteiger partial charge in [-0.3, -0.25) is 9.59 Å². The van der Waals surface area contributed by atoms with E-state index in [0.29, 0.717) is 18.0 Å². The molecule has 6 heteroatoms. The standard InChI is InChI=1S/C22H23N3O3/c1-16-7-6-10-20(17(16)2)28-15-21(26)23-13-14-25-22(27)12-11-19(24-25)18-8-4-3-5-9-18/h3-12H,13-15H2,1-2H3,(H,23,26). The summed E-state index contributed by atoms with van der Waals surface area (Å²) in [5.41, 5.74) is 3.57. The fraction of sp³-hybridized carbons (Fsp3) is 0.227. The van der Waals surface area contributed by atoms with Gasteiger partial charge in [0.25, 0.3) is 11.5 Å². The maximum Gasteiger partial charge on any atom is 0.266 e. The monoisotopic (exact) mass is 377 g/mol. The van der Waals surface area contributed by atoms with Crippen LogP contribution in [0, 0.1) is 13.8 Å². The van der Waals surface area contributed by atoms with Gasteiger partial charge in [0, 0.05) is 18.2 Å². The van der Waals surface area contributed by atoms with E-state index in [0.717, 1.165) is 16.7 Å². The summed E-state index contributed by atoms with van der Waals surface area (Å²) in [6.07, 6.45) is 0. The molecule has 1 N–H and O–H groups in total. The minimum Gasteiger partial charge on any atom is -0.483 e. The third kappa shape index (κ3) is 4.85. The van der Waals surface area contributed by atoms with Gasteiger partial charge in [0.05, 0.1) is 12.2 Å². The predicted octanol–water partition coefficient (Wildman–Crippen LogP) is 2.72. The molecule has 2 aromatic carbocycles. The fourth-order valence-electron chi connectivity index (χ4n) is 2.75. The van der Waals surface area contributed by atoms with Crippen LogP contribution >= 0.6 is 0 Å². The summed E-state index contributed by atoms with van der Waals surface area (Å²) < 4.78 is 6.94. The molecule has 0 bridgehead atoms. The summed E-state index contributed by atoms with van der Waals surface area (Å²) in [5.74, 6) is 0.455. The second-order valence-electron chi connectivity index (χ2n) is 6.48. The Bertz CT molecular complexity index is 1010. The van der Waals surface area contributed by atoms with Crippen molar-refractivity contribution in [1.29, 1.82) is 0 Å². The molecule has 0 atom stereocenters. The second-order valence-corrected chi connectivity index (χ2v) is 6.48. The van der Waals surface area contributed by atoms with Crippen LogP contribution < -0.4 is 15.6 Å². The third-order valence-corrected chi connectivity index (χ3v) is 4.50. The number of hydrogen-bond acceptors (Lipinski definition) is 4. The predicted molar refractivity (Wildman–Crippen MR) is 108 cm³/mol. The van der Waals surface area contributed by atoms with Crippen LogP contribution in [0.15, 0.2) is 65.5 Å². The molecule has 0 saturated heterocycles. The van der Waals surface area contributed by atoms with Crippen LogP contribution in [0.25, 0.3) is 11.3 Å². The van der Waals surface area contributed by atoms with E-state index in [2.05, 4.69) is 10.4 Å². The van der Waals surface area contributed by atoms with Gasteiger partial charge in [0.2, 0.25) is 0 Å². The van der Waals surface area contributed by atoms with Crippen molar-refractivity contribution in [2.75, 3.05) is 13.2 Å². The van der Waals surface area contributed by atoms with Crippen LogP contribution in [0.1, 0.15) is 11.1 Å². The van der Waals surface area contributed by atoms with Gasteiger partial charge in [0.1, 0.15) is 5.75 Å². The quantitative estimate of drug-likeness (QED) is 0.687. The number of ether oxygens (including phenoxy) is 1. The Balaban J connectivity index is 1.54. The maximum absolute atomic E-state index is 12.0. The highest BCUT2D eigenvalue weighted by Gasteiger charge is 2.07. The Morgan fingerprint density at radius 3 is 2.61 bits per heavy atom. The molecule has 0 unspecified atom stereocenters. The van der Waals surface area contributed by atoms with Crippen molar-refractivity contribution >= 4 is 5.91 Å². The lowest BCUT2D eigenvalue weighted by atomic mass is 10.1. The van der Waals surface area contributed by atoms with Gasteiger partial charge in [-0.2, -0.15) is 5.10 Å². The zero-order valence-corrected chi connectivity index (χ0v) is 16.0. The highest BCUT2D eigenvalue weighted by molar-refractivity contribution is 5.77. The number of nitrogens with zero attached hydrogens (tertiary/aromatic N) is 2. The van der Waals surface area contributed by atoms with Crippen molar-refractivity contribution in [3.63, 3.8) is 0 Å². The highest BCUT2D eigenvalue weighted by atomic mass is 16.5. The summed E-state index contributed by atoms with van der Waals surface area (Å²) in [6.45, 7) is 4.46. The molecule has 3 rings (SSSR count). The smallest absolute Gasteiger partial charge is 0.266 e. The van der Waals surface area contributed by atoms with Crippen molar-refractivity contribution in [3.05, 3.63) is 82.1 Å². The summed E-state index contributed by atoms with van der Waals surface area (Å²) in [5, 5.41) is 7.13. The molecule has 3 aromatic rings. The number of hydrogen-bond donors (Lipinski definition) is 1. The van der Waals surface area contributed by atoms with Crippen LogP contribution in [0.4, 0.5) is 0 Å². The molecule has 0 radical (unpaired) electrons. The Morgan fingerprint density at radius 1 is 1.04 bits per heavy atom. The zero-order valence-electron chi connectivity index (χ0n) is 16.0. The number of nitrogens with one attached hydrogen (secondary N) is 1. The summed E-state index contributed by atoms with van der Waals surface area (Å²) >= 11 is 0. The van der Waals surface area contributed by atoms with E-state index in [-0.39, 0.29) is 24.6 Å². The summed E-state index contributed by atoms with van der Waals surface area (Å²) in [6, 6.07) is 18.6.